The average molecular weight is 341 g/mol. The fourth-order valence-corrected chi connectivity index (χ4v) is 4.86. The van der Waals surface area contributed by atoms with E-state index in [0.29, 0.717) is 26.2 Å². The molecule has 0 atom stereocenters. The standard InChI is InChI=1S/C16H24N2O2S2/c1-15(13-16-5-3-2-4-6-16)14-17-7-12-22(19,20)18-8-10-21-11-9-18/h2-6,13,17H,7-12,14H2,1H3/b15-13-. The molecule has 4 nitrogen and oxygen atoms in total. The Hall–Kier alpha value is -0.820. The van der Waals surface area contributed by atoms with Crippen LogP contribution >= 0.6 is 11.8 Å². The molecule has 0 saturated carbocycles. The topological polar surface area (TPSA) is 49.4 Å². The summed E-state index contributed by atoms with van der Waals surface area (Å²) in [6, 6.07) is 10.1. The predicted molar refractivity (Wildman–Crippen MR) is 95.6 cm³/mol. The third kappa shape index (κ3) is 5.76. The summed E-state index contributed by atoms with van der Waals surface area (Å²) in [7, 11) is -3.10. The van der Waals surface area contributed by atoms with Crippen LogP contribution in [-0.4, -0.2) is 56.2 Å². The third-order valence-corrected chi connectivity index (χ3v) is 6.33. The quantitative estimate of drug-likeness (QED) is 0.772. The van der Waals surface area contributed by atoms with Crippen molar-refractivity contribution in [2.45, 2.75) is 6.92 Å². The van der Waals surface area contributed by atoms with Crippen LogP contribution in [0.15, 0.2) is 35.9 Å². The average Bonchev–Trinajstić information content (AvgIpc) is 2.53. The molecule has 1 saturated heterocycles. The van der Waals surface area contributed by atoms with Gasteiger partial charge in [0.1, 0.15) is 0 Å². The van der Waals surface area contributed by atoms with Crippen molar-refractivity contribution in [2.24, 2.45) is 0 Å². The molecule has 1 heterocycles. The third-order valence-electron chi connectivity index (χ3n) is 3.52. The van der Waals surface area contributed by atoms with Crippen molar-refractivity contribution in [3.8, 4) is 0 Å². The maximum atomic E-state index is 12.2. The fraction of sp³-hybridized carbons (Fsp3) is 0.500. The van der Waals surface area contributed by atoms with Gasteiger partial charge in [0.05, 0.1) is 5.75 Å². The molecule has 1 aromatic rings. The van der Waals surface area contributed by atoms with Crippen LogP contribution in [0.4, 0.5) is 0 Å². The van der Waals surface area contributed by atoms with Gasteiger partial charge in [0, 0.05) is 37.7 Å². The number of thioether (sulfide) groups is 1. The smallest absolute Gasteiger partial charge is 0.215 e. The van der Waals surface area contributed by atoms with Crippen LogP contribution in [0, 0.1) is 0 Å². The minimum Gasteiger partial charge on any atom is -0.312 e. The molecule has 0 radical (unpaired) electrons. The molecular formula is C16H24N2O2S2. The van der Waals surface area contributed by atoms with Gasteiger partial charge in [0.2, 0.25) is 10.0 Å². The number of nitrogens with zero attached hydrogens (tertiary/aromatic N) is 1. The van der Waals surface area contributed by atoms with Gasteiger partial charge < -0.3 is 5.32 Å². The first-order chi connectivity index (χ1) is 10.6. The highest BCUT2D eigenvalue weighted by Crippen LogP contribution is 2.13. The van der Waals surface area contributed by atoms with Gasteiger partial charge in [-0.15, -0.1) is 0 Å². The van der Waals surface area contributed by atoms with Crippen LogP contribution < -0.4 is 5.32 Å². The molecule has 0 amide bonds. The van der Waals surface area contributed by atoms with Gasteiger partial charge in [-0.05, 0) is 12.5 Å². The van der Waals surface area contributed by atoms with E-state index >= 15 is 0 Å². The summed E-state index contributed by atoms with van der Waals surface area (Å²) >= 11 is 1.82. The Kier molecular flexibility index (Phi) is 6.95. The van der Waals surface area contributed by atoms with Crippen LogP contribution in [0.5, 0.6) is 0 Å². The van der Waals surface area contributed by atoms with Crippen molar-refractivity contribution >= 4 is 27.9 Å². The van der Waals surface area contributed by atoms with Crippen LogP contribution in [0.1, 0.15) is 12.5 Å². The van der Waals surface area contributed by atoms with Crippen molar-refractivity contribution in [3.05, 3.63) is 41.5 Å². The maximum absolute atomic E-state index is 12.2. The molecule has 1 N–H and O–H groups in total. The second-order valence-electron chi connectivity index (χ2n) is 5.41. The van der Waals surface area contributed by atoms with Gasteiger partial charge in [-0.3, -0.25) is 0 Å². The zero-order valence-electron chi connectivity index (χ0n) is 13.0. The Morgan fingerprint density at radius 1 is 1.27 bits per heavy atom. The first-order valence-corrected chi connectivity index (χ1v) is 10.3. The molecule has 0 bridgehead atoms. The Morgan fingerprint density at radius 2 is 1.95 bits per heavy atom. The summed E-state index contributed by atoms with van der Waals surface area (Å²) in [6.45, 7) is 4.56. The van der Waals surface area contributed by atoms with E-state index in [1.165, 1.54) is 11.1 Å². The van der Waals surface area contributed by atoms with E-state index < -0.39 is 10.0 Å². The van der Waals surface area contributed by atoms with E-state index in [9.17, 15) is 8.42 Å². The largest absolute Gasteiger partial charge is 0.312 e. The SMILES string of the molecule is C/C(=C/c1ccccc1)CNCCS(=O)(=O)N1CCSCC1. The minimum absolute atomic E-state index is 0.177. The number of hydrogen-bond acceptors (Lipinski definition) is 4. The van der Waals surface area contributed by atoms with Gasteiger partial charge >= 0.3 is 0 Å². The molecule has 1 aliphatic rings. The molecule has 2 rings (SSSR count). The van der Waals surface area contributed by atoms with Gasteiger partial charge in [0.15, 0.2) is 0 Å². The number of nitrogens with one attached hydrogen (secondary N) is 1. The number of benzene rings is 1. The summed E-state index contributed by atoms with van der Waals surface area (Å²) in [6.07, 6.45) is 2.11. The Bertz CT molecular complexity index is 579. The monoisotopic (exact) mass is 340 g/mol. The summed E-state index contributed by atoms with van der Waals surface area (Å²) in [5, 5.41) is 3.22. The van der Waals surface area contributed by atoms with E-state index in [2.05, 4.69) is 30.4 Å². The lowest BCUT2D eigenvalue weighted by Crippen LogP contribution is -2.41. The second kappa shape index (κ2) is 8.72. The Morgan fingerprint density at radius 3 is 2.64 bits per heavy atom. The van der Waals surface area contributed by atoms with E-state index in [-0.39, 0.29) is 5.75 Å². The molecule has 0 aliphatic carbocycles. The van der Waals surface area contributed by atoms with E-state index in [1.807, 2.05) is 30.0 Å². The van der Waals surface area contributed by atoms with Gasteiger partial charge in [0.25, 0.3) is 0 Å². The normalized spacial score (nSPS) is 17.6. The maximum Gasteiger partial charge on any atom is 0.215 e. The van der Waals surface area contributed by atoms with Crippen molar-refractivity contribution in [1.29, 1.82) is 0 Å². The lowest BCUT2D eigenvalue weighted by molar-refractivity contribution is 0.442. The molecule has 1 aromatic carbocycles. The predicted octanol–water partition coefficient (Wildman–Crippen LogP) is 2.06. The lowest BCUT2D eigenvalue weighted by Gasteiger charge is -2.25. The first-order valence-electron chi connectivity index (χ1n) is 7.56. The summed E-state index contributed by atoms with van der Waals surface area (Å²) < 4.78 is 26.0. The molecule has 0 aromatic heterocycles. The molecule has 1 fully saturated rings. The minimum atomic E-state index is -3.10. The van der Waals surface area contributed by atoms with Crippen molar-refractivity contribution in [2.75, 3.05) is 43.4 Å². The van der Waals surface area contributed by atoms with E-state index in [4.69, 9.17) is 0 Å². The van der Waals surface area contributed by atoms with Crippen molar-refractivity contribution in [1.82, 2.24) is 9.62 Å². The second-order valence-corrected chi connectivity index (χ2v) is 8.72. The van der Waals surface area contributed by atoms with Gasteiger partial charge in [-0.25, -0.2) is 12.7 Å². The zero-order valence-corrected chi connectivity index (χ0v) is 14.6. The van der Waals surface area contributed by atoms with Gasteiger partial charge in [-0.1, -0.05) is 42.0 Å². The molecule has 122 valence electrons. The van der Waals surface area contributed by atoms with Crippen molar-refractivity contribution < 1.29 is 8.42 Å². The molecular weight excluding hydrogens is 316 g/mol. The number of hydrogen-bond donors (Lipinski definition) is 1. The van der Waals surface area contributed by atoms with E-state index in [1.54, 1.807) is 4.31 Å². The molecule has 6 heteroatoms. The summed E-state index contributed by atoms with van der Waals surface area (Å²) in [5.74, 6) is 1.99. The lowest BCUT2D eigenvalue weighted by atomic mass is 10.1. The highest BCUT2D eigenvalue weighted by atomic mass is 32.2. The number of sulfonamides is 1. The molecule has 0 spiro atoms. The fourth-order valence-electron chi connectivity index (χ4n) is 2.33. The van der Waals surface area contributed by atoms with Crippen LogP contribution in [0.3, 0.4) is 0 Å². The highest BCUT2D eigenvalue weighted by molar-refractivity contribution is 7.99. The molecule has 1 aliphatic heterocycles. The van der Waals surface area contributed by atoms with Crippen LogP contribution in [-0.2, 0) is 10.0 Å². The Labute approximate surface area is 138 Å². The number of rotatable bonds is 7. The van der Waals surface area contributed by atoms with Gasteiger partial charge in [-0.2, -0.15) is 11.8 Å². The zero-order chi connectivity index (χ0) is 15.8. The van der Waals surface area contributed by atoms with Crippen LogP contribution in [0.2, 0.25) is 0 Å². The van der Waals surface area contributed by atoms with E-state index in [0.717, 1.165) is 11.5 Å². The Balaban J connectivity index is 1.73. The summed E-state index contributed by atoms with van der Waals surface area (Å²) in [4.78, 5) is 0. The summed E-state index contributed by atoms with van der Waals surface area (Å²) in [5.41, 5.74) is 2.36. The van der Waals surface area contributed by atoms with Crippen LogP contribution in [0.25, 0.3) is 6.08 Å². The molecule has 0 unspecified atom stereocenters. The highest BCUT2D eigenvalue weighted by Gasteiger charge is 2.23. The molecule has 22 heavy (non-hydrogen) atoms. The first kappa shape index (κ1) is 17.5. The van der Waals surface area contributed by atoms with Crippen molar-refractivity contribution in [3.63, 3.8) is 0 Å².